The van der Waals surface area contributed by atoms with Crippen LogP contribution in [-0.2, 0) is 9.47 Å². The van der Waals surface area contributed by atoms with E-state index in [4.69, 9.17) is 15.3 Å². The number of aromatic nitrogens is 1. The molecule has 0 aliphatic heterocycles. The van der Waals surface area contributed by atoms with Crippen molar-refractivity contribution in [3.8, 4) is 0 Å². The smallest absolute Gasteiger partial charge is 0.276 e. The Morgan fingerprint density at radius 1 is 1.35 bits per heavy atom. The van der Waals surface area contributed by atoms with Crippen LogP contribution in [0.1, 0.15) is 6.42 Å². The third-order valence-electron chi connectivity index (χ3n) is 2.37. The summed E-state index contributed by atoms with van der Waals surface area (Å²) in [5.41, 5.74) is 2.22. The van der Waals surface area contributed by atoms with Gasteiger partial charge in [0.05, 0.1) is 30.3 Å². The van der Waals surface area contributed by atoms with E-state index in [1.165, 1.54) is 12.1 Å². The second kappa shape index (κ2) is 9.02. The second-order valence-electron chi connectivity index (χ2n) is 3.88. The van der Waals surface area contributed by atoms with E-state index < -0.39 is 4.92 Å². The van der Waals surface area contributed by atoms with Gasteiger partial charge in [-0.15, -0.1) is 0 Å². The van der Waals surface area contributed by atoms with Gasteiger partial charge in [-0.1, -0.05) is 0 Å². The first-order valence-electron chi connectivity index (χ1n) is 6.11. The zero-order valence-electron chi connectivity index (χ0n) is 11.3. The third-order valence-corrected chi connectivity index (χ3v) is 2.37. The van der Waals surface area contributed by atoms with Crippen molar-refractivity contribution in [3.05, 3.63) is 22.2 Å². The van der Waals surface area contributed by atoms with Crippen LogP contribution in [0.4, 0.5) is 17.3 Å². The number of methoxy groups -OCH3 is 1. The van der Waals surface area contributed by atoms with Gasteiger partial charge in [0.2, 0.25) is 0 Å². The summed E-state index contributed by atoms with van der Waals surface area (Å²) in [6.07, 6.45) is 0.749. The van der Waals surface area contributed by atoms with Gasteiger partial charge in [-0.2, -0.15) is 0 Å². The van der Waals surface area contributed by atoms with Gasteiger partial charge in [-0.3, -0.25) is 10.1 Å². The molecule has 0 atom stereocenters. The number of nitrogens with one attached hydrogen (secondary N) is 2. The minimum Gasteiger partial charge on any atom is -0.382 e. The van der Waals surface area contributed by atoms with Gasteiger partial charge in [-0.05, 0) is 6.42 Å². The van der Waals surface area contributed by atoms with Crippen molar-refractivity contribution in [1.82, 2.24) is 4.98 Å². The molecule has 1 aromatic heterocycles. The molecule has 0 aliphatic carbocycles. The average Bonchev–Trinajstić information content (AvgIpc) is 2.46. The van der Waals surface area contributed by atoms with Gasteiger partial charge in [0.25, 0.3) is 5.69 Å². The maximum Gasteiger partial charge on any atom is 0.276 e. The average molecular weight is 285 g/mol. The molecule has 9 heteroatoms. The number of nitrogens with zero attached hydrogens (tertiary/aromatic N) is 2. The number of ether oxygens (including phenoxy) is 2. The van der Waals surface area contributed by atoms with Crippen LogP contribution in [0.15, 0.2) is 12.1 Å². The molecule has 0 amide bonds. The van der Waals surface area contributed by atoms with E-state index in [2.05, 4.69) is 15.7 Å². The fourth-order valence-electron chi connectivity index (χ4n) is 1.42. The Morgan fingerprint density at radius 3 is 2.75 bits per heavy atom. The van der Waals surface area contributed by atoms with Crippen LogP contribution in [0.25, 0.3) is 0 Å². The minimum atomic E-state index is -0.498. The first-order chi connectivity index (χ1) is 9.67. The van der Waals surface area contributed by atoms with Crippen LogP contribution in [-0.4, -0.2) is 43.4 Å². The molecular formula is C11H19N5O4. The Labute approximate surface area is 116 Å². The van der Waals surface area contributed by atoms with E-state index in [0.717, 1.165) is 6.42 Å². The Morgan fingerprint density at radius 2 is 2.10 bits per heavy atom. The lowest BCUT2D eigenvalue weighted by Gasteiger charge is -2.08. The Balaban J connectivity index is 2.39. The SMILES string of the molecule is COCCOCCCNc1cc([N+](=O)[O-])cc(NN)n1. The monoisotopic (exact) mass is 285 g/mol. The van der Waals surface area contributed by atoms with Crippen LogP contribution < -0.4 is 16.6 Å². The number of anilines is 2. The second-order valence-corrected chi connectivity index (χ2v) is 3.88. The number of pyridine rings is 1. The predicted molar refractivity (Wildman–Crippen MR) is 74.5 cm³/mol. The van der Waals surface area contributed by atoms with Crippen LogP contribution in [0.3, 0.4) is 0 Å². The van der Waals surface area contributed by atoms with Crippen molar-refractivity contribution in [2.24, 2.45) is 5.84 Å². The normalized spacial score (nSPS) is 10.3. The molecule has 0 saturated carbocycles. The van der Waals surface area contributed by atoms with E-state index >= 15 is 0 Å². The van der Waals surface area contributed by atoms with Crippen molar-refractivity contribution in [3.63, 3.8) is 0 Å². The molecule has 4 N–H and O–H groups in total. The van der Waals surface area contributed by atoms with Gasteiger partial charge >= 0.3 is 0 Å². The molecule has 0 radical (unpaired) electrons. The molecule has 0 unspecified atom stereocenters. The standard InChI is InChI=1S/C11H19N5O4/c1-19-5-6-20-4-2-3-13-10-7-9(16(17)18)8-11(14-10)15-12/h7-8H,2-6,12H2,1H3,(H2,13,14,15). The number of hydrogen-bond donors (Lipinski definition) is 3. The third kappa shape index (κ3) is 5.78. The Bertz CT molecular complexity index is 429. The van der Waals surface area contributed by atoms with Crippen molar-refractivity contribution >= 4 is 17.3 Å². The highest BCUT2D eigenvalue weighted by molar-refractivity contribution is 5.54. The van der Waals surface area contributed by atoms with Crippen molar-refractivity contribution < 1.29 is 14.4 Å². The number of hydrazine groups is 1. The maximum atomic E-state index is 10.7. The highest BCUT2D eigenvalue weighted by Gasteiger charge is 2.10. The van der Waals surface area contributed by atoms with E-state index in [0.29, 0.717) is 32.2 Å². The number of nitro groups is 1. The molecule has 1 aromatic rings. The number of nitrogen functional groups attached to an aromatic ring is 1. The maximum absolute atomic E-state index is 10.7. The zero-order chi connectivity index (χ0) is 14.8. The lowest BCUT2D eigenvalue weighted by molar-refractivity contribution is -0.384. The number of nitrogens with two attached hydrogens (primary N) is 1. The number of rotatable bonds is 10. The van der Waals surface area contributed by atoms with Gasteiger partial charge in [0.15, 0.2) is 0 Å². The fourth-order valence-corrected chi connectivity index (χ4v) is 1.42. The van der Waals surface area contributed by atoms with E-state index in [-0.39, 0.29) is 11.5 Å². The van der Waals surface area contributed by atoms with Crippen LogP contribution in [0, 0.1) is 10.1 Å². The van der Waals surface area contributed by atoms with Crippen molar-refractivity contribution in [2.75, 3.05) is 44.2 Å². The van der Waals surface area contributed by atoms with Gasteiger partial charge in [0.1, 0.15) is 11.6 Å². The topological polar surface area (TPSA) is 125 Å². The molecule has 112 valence electrons. The molecule has 20 heavy (non-hydrogen) atoms. The van der Waals surface area contributed by atoms with E-state index in [1.54, 1.807) is 7.11 Å². The molecule has 0 aromatic carbocycles. The van der Waals surface area contributed by atoms with Gasteiger partial charge in [-0.25, -0.2) is 10.8 Å². The van der Waals surface area contributed by atoms with Gasteiger partial charge < -0.3 is 20.2 Å². The Kier molecular flexibility index (Phi) is 7.25. The molecule has 0 fully saturated rings. The molecule has 9 nitrogen and oxygen atoms in total. The minimum absolute atomic E-state index is 0.0770. The van der Waals surface area contributed by atoms with E-state index in [1.807, 2.05) is 0 Å². The summed E-state index contributed by atoms with van der Waals surface area (Å²) in [6, 6.07) is 2.62. The van der Waals surface area contributed by atoms with Crippen LogP contribution in [0.2, 0.25) is 0 Å². The Hall–Kier alpha value is -1.97. The molecule has 0 aliphatic rings. The first kappa shape index (κ1) is 16.1. The van der Waals surface area contributed by atoms with Crippen LogP contribution in [0.5, 0.6) is 0 Å². The summed E-state index contributed by atoms with van der Waals surface area (Å²) >= 11 is 0. The summed E-state index contributed by atoms with van der Waals surface area (Å²) in [5, 5.41) is 13.7. The molecule has 0 spiro atoms. The molecule has 1 rings (SSSR count). The summed E-state index contributed by atoms with van der Waals surface area (Å²) in [5.74, 6) is 5.84. The molecule has 1 heterocycles. The largest absolute Gasteiger partial charge is 0.382 e. The highest BCUT2D eigenvalue weighted by atomic mass is 16.6. The summed E-state index contributed by atoms with van der Waals surface area (Å²) < 4.78 is 10.1. The van der Waals surface area contributed by atoms with Crippen LogP contribution >= 0.6 is 0 Å². The van der Waals surface area contributed by atoms with Crippen molar-refractivity contribution in [2.45, 2.75) is 6.42 Å². The summed E-state index contributed by atoms with van der Waals surface area (Å²) in [7, 11) is 1.61. The fraction of sp³-hybridized carbons (Fsp3) is 0.545. The quantitative estimate of drug-likeness (QED) is 0.249. The summed E-state index contributed by atoms with van der Waals surface area (Å²) in [6.45, 7) is 2.27. The molecule has 0 saturated heterocycles. The summed E-state index contributed by atoms with van der Waals surface area (Å²) in [4.78, 5) is 14.3. The highest BCUT2D eigenvalue weighted by Crippen LogP contribution is 2.19. The van der Waals surface area contributed by atoms with E-state index in [9.17, 15) is 10.1 Å². The predicted octanol–water partition coefficient (Wildman–Crippen LogP) is 0.740. The van der Waals surface area contributed by atoms with Gasteiger partial charge in [0, 0.05) is 20.3 Å². The van der Waals surface area contributed by atoms with Crippen molar-refractivity contribution in [1.29, 1.82) is 0 Å². The zero-order valence-corrected chi connectivity index (χ0v) is 11.3. The molecular weight excluding hydrogens is 266 g/mol. The first-order valence-corrected chi connectivity index (χ1v) is 6.11. The number of hydrogen-bond acceptors (Lipinski definition) is 8. The lowest BCUT2D eigenvalue weighted by atomic mass is 10.3. The molecule has 0 bridgehead atoms. The lowest BCUT2D eigenvalue weighted by Crippen LogP contribution is -2.12.